The molecule has 0 aromatic carbocycles. The molecule has 2 N–H and O–H groups in total. The maximum Gasteiger partial charge on any atom is 0.228 e. The van der Waals surface area contributed by atoms with Crippen LogP contribution in [0.15, 0.2) is 43.1 Å². The lowest BCUT2D eigenvalue weighted by Gasteiger charge is -2.31. The van der Waals surface area contributed by atoms with Crippen LogP contribution in [0.4, 0.5) is 11.6 Å². The Morgan fingerprint density at radius 3 is 2.64 bits per heavy atom. The van der Waals surface area contributed by atoms with Gasteiger partial charge in [-0.3, -0.25) is 19.9 Å². The van der Waals surface area contributed by atoms with Crippen LogP contribution in [0.1, 0.15) is 25.3 Å². The van der Waals surface area contributed by atoms with Crippen LogP contribution in [0.3, 0.4) is 0 Å². The molecule has 0 aliphatic carbocycles. The highest BCUT2D eigenvalue weighted by Gasteiger charge is 2.27. The number of carbonyl (C=O) groups is 1. The van der Waals surface area contributed by atoms with Crippen molar-refractivity contribution in [3.8, 4) is 11.3 Å². The first-order chi connectivity index (χ1) is 13.8. The number of carbonyl (C=O) groups excluding carboxylic acids is 1. The molecule has 0 saturated carbocycles. The molecule has 0 unspecified atom stereocenters. The molecule has 1 aliphatic rings. The van der Waals surface area contributed by atoms with E-state index >= 15 is 0 Å². The van der Waals surface area contributed by atoms with Gasteiger partial charge >= 0.3 is 0 Å². The number of nitrogens with zero attached hydrogens (tertiary/aromatic N) is 5. The van der Waals surface area contributed by atoms with Gasteiger partial charge in [0.1, 0.15) is 5.82 Å². The third-order valence-electron chi connectivity index (χ3n) is 5.17. The lowest BCUT2D eigenvalue weighted by Crippen LogP contribution is -2.38. The molecule has 4 heterocycles. The maximum absolute atomic E-state index is 12.8. The molecule has 8 heteroatoms. The van der Waals surface area contributed by atoms with Crippen LogP contribution < -0.4 is 10.2 Å². The molecule has 3 aromatic heterocycles. The van der Waals surface area contributed by atoms with E-state index < -0.39 is 0 Å². The van der Waals surface area contributed by atoms with E-state index in [1.54, 1.807) is 31.0 Å². The fraction of sp³-hybridized carbons (Fsp3) is 0.350. The Kier molecular flexibility index (Phi) is 5.27. The normalized spacial score (nSPS) is 14.8. The van der Waals surface area contributed by atoms with Crippen molar-refractivity contribution in [1.29, 1.82) is 0 Å². The molecule has 1 fully saturated rings. The molecular weight excluding hydrogens is 354 g/mol. The summed E-state index contributed by atoms with van der Waals surface area (Å²) < 4.78 is 0. The van der Waals surface area contributed by atoms with E-state index in [1.165, 1.54) is 0 Å². The van der Waals surface area contributed by atoms with E-state index in [-0.39, 0.29) is 11.8 Å². The highest BCUT2D eigenvalue weighted by Crippen LogP contribution is 2.28. The number of anilines is 2. The van der Waals surface area contributed by atoms with E-state index in [1.807, 2.05) is 12.1 Å². The van der Waals surface area contributed by atoms with Crippen molar-refractivity contribution in [3.05, 3.63) is 48.7 Å². The first-order valence-electron chi connectivity index (χ1n) is 9.55. The van der Waals surface area contributed by atoms with Gasteiger partial charge in [-0.05, 0) is 31.4 Å². The van der Waals surface area contributed by atoms with E-state index in [2.05, 4.69) is 42.3 Å². The van der Waals surface area contributed by atoms with Crippen LogP contribution in [-0.4, -0.2) is 44.1 Å². The largest absolute Gasteiger partial charge is 0.355 e. The smallest absolute Gasteiger partial charge is 0.228 e. The van der Waals surface area contributed by atoms with Gasteiger partial charge in [0.05, 0.1) is 11.9 Å². The molecule has 144 valence electrons. The fourth-order valence-corrected chi connectivity index (χ4v) is 3.61. The Morgan fingerprint density at radius 1 is 1.18 bits per heavy atom. The van der Waals surface area contributed by atoms with Crippen LogP contribution in [0.5, 0.6) is 0 Å². The zero-order valence-electron chi connectivity index (χ0n) is 15.8. The summed E-state index contributed by atoms with van der Waals surface area (Å²) in [5, 5.41) is 10.4. The van der Waals surface area contributed by atoms with E-state index in [4.69, 9.17) is 0 Å². The van der Waals surface area contributed by atoms with E-state index in [0.717, 1.165) is 55.0 Å². The number of H-pyrrole nitrogens is 1. The molecule has 1 saturated heterocycles. The van der Waals surface area contributed by atoms with Gasteiger partial charge < -0.3 is 10.2 Å². The van der Waals surface area contributed by atoms with Gasteiger partial charge in [0.25, 0.3) is 0 Å². The monoisotopic (exact) mass is 377 g/mol. The van der Waals surface area contributed by atoms with Gasteiger partial charge in [-0.1, -0.05) is 6.92 Å². The third-order valence-corrected chi connectivity index (χ3v) is 5.17. The highest BCUT2D eigenvalue weighted by molar-refractivity contribution is 5.93. The molecule has 0 radical (unpaired) electrons. The minimum absolute atomic E-state index is 0.0290. The average molecular weight is 377 g/mol. The van der Waals surface area contributed by atoms with Crippen molar-refractivity contribution in [1.82, 2.24) is 25.1 Å². The summed E-state index contributed by atoms with van der Waals surface area (Å²) in [6.45, 7) is 3.64. The lowest BCUT2D eigenvalue weighted by molar-refractivity contribution is -0.120. The minimum Gasteiger partial charge on any atom is -0.355 e. The number of nitrogens with one attached hydrogen (secondary N) is 2. The zero-order valence-corrected chi connectivity index (χ0v) is 15.8. The second-order valence-corrected chi connectivity index (χ2v) is 6.83. The molecule has 0 spiro atoms. The van der Waals surface area contributed by atoms with Crippen LogP contribution in [0, 0.1) is 5.92 Å². The third kappa shape index (κ3) is 3.71. The number of amides is 1. The van der Waals surface area contributed by atoms with Crippen molar-refractivity contribution < 1.29 is 4.79 Å². The fourth-order valence-electron chi connectivity index (χ4n) is 3.61. The van der Waals surface area contributed by atoms with Crippen molar-refractivity contribution in [2.24, 2.45) is 5.92 Å². The van der Waals surface area contributed by atoms with Crippen molar-refractivity contribution in [3.63, 3.8) is 0 Å². The molecule has 28 heavy (non-hydrogen) atoms. The summed E-state index contributed by atoms with van der Waals surface area (Å²) >= 11 is 0. The zero-order chi connectivity index (χ0) is 19.3. The number of hydrogen-bond donors (Lipinski definition) is 2. The Hall–Kier alpha value is -3.29. The molecular formula is C20H23N7O. The molecule has 0 bridgehead atoms. The van der Waals surface area contributed by atoms with Crippen molar-refractivity contribution >= 4 is 17.5 Å². The quantitative estimate of drug-likeness (QED) is 0.709. The van der Waals surface area contributed by atoms with Crippen LogP contribution in [-0.2, 0) is 11.2 Å². The van der Waals surface area contributed by atoms with Crippen LogP contribution in [0.25, 0.3) is 11.3 Å². The highest BCUT2D eigenvalue weighted by atomic mass is 16.2. The first kappa shape index (κ1) is 18.1. The summed E-state index contributed by atoms with van der Waals surface area (Å²) in [7, 11) is 0. The van der Waals surface area contributed by atoms with Crippen molar-refractivity contribution in [2.75, 3.05) is 23.3 Å². The Balaban J connectivity index is 1.41. The molecule has 3 aromatic rings. The van der Waals surface area contributed by atoms with E-state index in [0.29, 0.717) is 5.82 Å². The Labute approximate surface area is 163 Å². The summed E-state index contributed by atoms with van der Waals surface area (Å²) in [6.07, 6.45) is 11.0. The molecule has 0 atom stereocenters. The SMILES string of the molecule is CCc1c(NC(=O)C2CCN(c3cnccn3)CC2)n[nH]c1-c1ccncc1. The average Bonchev–Trinajstić information content (AvgIpc) is 3.17. The molecule has 1 amide bonds. The number of aromatic nitrogens is 5. The van der Waals surface area contributed by atoms with E-state index in [9.17, 15) is 4.79 Å². The van der Waals surface area contributed by atoms with Gasteiger partial charge in [-0.15, -0.1) is 0 Å². The van der Waals surface area contributed by atoms with Gasteiger partial charge in [0, 0.05) is 54.9 Å². The summed E-state index contributed by atoms with van der Waals surface area (Å²) in [4.78, 5) is 27.5. The predicted molar refractivity (Wildman–Crippen MR) is 107 cm³/mol. The van der Waals surface area contributed by atoms with Gasteiger partial charge in [0.2, 0.25) is 5.91 Å². The summed E-state index contributed by atoms with van der Waals surface area (Å²) in [5.74, 6) is 1.49. The number of piperidine rings is 1. The second-order valence-electron chi connectivity index (χ2n) is 6.83. The van der Waals surface area contributed by atoms with Crippen LogP contribution in [0.2, 0.25) is 0 Å². The topological polar surface area (TPSA) is 99.7 Å². The standard InChI is InChI=1S/C20H23N7O/c1-2-16-18(14-3-7-21-8-4-14)25-26-19(16)24-20(28)15-5-11-27(12-6-15)17-13-22-9-10-23-17/h3-4,7-10,13,15H,2,5-6,11-12H2,1H3,(H2,24,25,26,28). The molecule has 1 aliphatic heterocycles. The Morgan fingerprint density at radius 2 is 1.96 bits per heavy atom. The second kappa shape index (κ2) is 8.16. The predicted octanol–water partition coefficient (Wildman–Crippen LogP) is 2.68. The maximum atomic E-state index is 12.8. The van der Waals surface area contributed by atoms with Gasteiger partial charge in [0.15, 0.2) is 5.82 Å². The van der Waals surface area contributed by atoms with Crippen LogP contribution >= 0.6 is 0 Å². The molecule has 8 nitrogen and oxygen atoms in total. The van der Waals surface area contributed by atoms with Crippen molar-refractivity contribution in [2.45, 2.75) is 26.2 Å². The van der Waals surface area contributed by atoms with Gasteiger partial charge in [-0.25, -0.2) is 4.98 Å². The summed E-state index contributed by atoms with van der Waals surface area (Å²) in [6, 6.07) is 3.86. The number of hydrogen-bond acceptors (Lipinski definition) is 6. The number of aromatic amines is 1. The first-order valence-corrected chi connectivity index (χ1v) is 9.55. The number of rotatable bonds is 5. The lowest BCUT2D eigenvalue weighted by atomic mass is 9.96. The number of pyridine rings is 1. The minimum atomic E-state index is -0.0290. The molecule has 4 rings (SSSR count). The van der Waals surface area contributed by atoms with Gasteiger partial charge in [-0.2, -0.15) is 5.10 Å². The summed E-state index contributed by atoms with van der Waals surface area (Å²) in [5.41, 5.74) is 2.95. The Bertz CT molecular complexity index is 918.